The molecule has 2 N–H and O–H groups in total. The minimum absolute atomic E-state index is 0.0404. The van der Waals surface area contributed by atoms with Gasteiger partial charge in [0.2, 0.25) is 0 Å². The molecule has 4 heteroatoms. The van der Waals surface area contributed by atoms with E-state index >= 15 is 0 Å². The molecule has 0 aromatic heterocycles. The number of fused-ring (bicyclic) bond motifs is 1. The van der Waals surface area contributed by atoms with Crippen LogP contribution in [0, 0.1) is 0 Å². The van der Waals surface area contributed by atoms with E-state index in [9.17, 15) is 0 Å². The summed E-state index contributed by atoms with van der Waals surface area (Å²) in [4.78, 5) is 0. The summed E-state index contributed by atoms with van der Waals surface area (Å²) in [6, 6.07) is 3.80. The van der Waals surface area contributed by atoms with Gasteiger partial charge in [-0.05, 0) is 12.1 Å². The highest BCUT2D eigenvalue weighted by Crippen LogP contribution is 2.41. The molecule has 0 bridgehead atoms. The molecule has 13 heavy (non-hydrogen) atoms. The Morgan fingerprint density at radius 2 is 2.38 bits per heavy atom. The number of halogens is 1. The number of hydrogen-bond donors (Lipinski definition) is 1. The topological polar surface area (TPSA) is 44.5 Å². The third-order valence-corrected chi connectivity index (χ3v) is 2.53. The smallest absolute Gasteiger partial charge is 0.166 e. The Bertz CT molecular complexity index is 341. The van der Waals surface area contributed by atoms with Crippen molar-refractivity contribution >= 4 is 15.9 Å². The quantitative estimate of drug-likeness (QED) is 0.819. The summed E-state index contributed by atoms with van der Waals surface area (Å²) in [6.45, 7) is 0.530. The van der Waals surface area contributed by atoms with Crippen molar-refractivity contribution in [3.05, 3.63) is 22.2 Å². The van der Waals surface area contributed by atoms with Gasteiger partial charge in [-0.2, -0.15) is 0 Å². The molecule has 70 valence electrons. The Labute approximate surface area is 85.0 Å². The Morgan fingerprint density at radius 1 is 1.62 bits per heavy atom. The van der Waals surface area contributed by atoms with Gasteiger partial charge in [-0.1, -0.05) is 15.9 Å². The lowest BCUT2D eigenvalue weighted by Gasteiger charge is -2.07. The summed E-state index contributed by atoms with van der Waals surface area (Å²) in [6.07, 6.45) is 0. The van der Waals surface area contributed by atoms with Gasteiger partial charge in [0.1, 0.15) is 6.61 Å². The fourth-order valence-corrected chi connectivity index (χ4v) is 1.89. The second kappa shape index (κ2) is 3.20. The van der Waals surface area contributed by atoms with Crippen LogP contribution in [0.2, 0.25) is 0 Å². The van der Waals surface area contributed by atoms with Gasteiger partial charge in [-0.25, -0.2) is 0 Å². The molecule has 0 saturated carbocycles. The molecule has 1 aromatic rings. The monoisotopic (exact) mass is 243 g/mol. The van der Waals surface area contributed by atoms with Crippen LogP contribution in [-0.4, -0.2) is 13.7 Å². The molecule has 1 heterocycles. The van der Waals surface area contributed by atoms with Gasteiger partial charge in [0.25, 0.3) is 0 Å². The molecule has 2 rings (SSSR count). The fraction of sp³-hybridized carbons (Fsp3) is 0.333. The first-order valence-corrected chi connectivity index (χ1v) is 4.77. The van der Waals surface area contributed by atoms with Gasteiger partial charge in [0, 0.05) is 10.0 Å². The number of ether oxygens (including phenoxy) is 2. The van der Waals surface area contributed by atoms with Gasteiger partial charge in [-0.3, -0.25) is 0 Å². The van der Waals surface area contributed by atoms with E-state index in [0.717, 1.165) is 21.5 Å². The highest BCUT2D eigenvalue weighted by Gasteiger charge is 2.24. The molecule has 0 fully saturated rings. The molecule has 1 aliphatic rings. The van der Waals surface area contributed by atoms with E-state index in [1.54, 1.807) is 7.11 Å². The molecule has 0 unspecified atom stereocenters. The number of rotatable bonds is 1. The molecular formula is C9H10BrNO2. The highest BCUT2D eigenvalue weighted by molar-refractivity contribution is 9.10. The number of nitrogens with two attached hydrogens (primary N) is 1. The second-order valence-corrected chi connectivity index (χ2v) is 3.86. The van der Waals surface area contributed by atoms with Gasteiger partial charge in [-0.15, -0.1) is 0 Å². The van der Waals surface area contributed by atoms with E-state index in [4.69, 9.17) is 15.2 Å². The standard InChI is InChI=1S/C9H10BrNO2/c1-12-8-3-5(10)2-6-7(11)4-13-9(6)8/h2-3,7H,4,11H2,1H3/t7-/m1/s1. The van der Waals surface area contributed by atoms with E-state index in [0.29, 0.717) is 6.61 Å². The molecule has 0 amide bonds. The molecule has 1 aliphatic heterocycles. The van der Waals surface area contributed by atoms with Crippen LogP contribution in [-0.2, 0) is 0 Å². The van der Waals surface area contributed by atoms with Crippen LogP contribution in [0.3, 0.4) is 0 Å². The maximum atomic E-state index is 5.84. The molecule has 0 saturated heterocycles. The van der Waals surface area contributed by atoms with Gasteiger partial charge >= 0.3 is 0 Å². The first kappa shape index (κ1) is 8.84. The first-order chi connectivity index (χ1) is 6.22. The van der Waals surface area contributed by atoms with Crippen LogP contribution in [0.25, 0.3) is 0 Å². The SMILES string of the molecule is COc1cc(Br)cc2c1OC[C@H]2N. The van der Waals surface area contributed by atoms with Crippen molar-refractivity contribution in [2.45, 2.75) is 6.04 Å². The number of benzene rings is 1. The van der Waals surface area contributed by atoms with Crippen LogP contribution in [0.1, 0.15) is 11.6 Å². The maximum absolute atomic E-state index is 5.84. The van der Waals surface area contributed by atoms with Crippen LogP contribution in [0.15, 0.2) is 16.6 Å². The minimum Gasteiger partial charge on any atom is -0.493 e. The van der Waals surface area contributed by atoms with Crippen molar-refractivity contribution in [1.29, 1.82) is 0 Å². The molecule has 0 radical (unpaired) electrons. The molecule has 3 nitrogen and oxygen atoms in total. The van der Waals surface area contributed by atoms with Gasteiger partial charge < -0.3 is 15.2 Å². The zero-order valence-electron chi connectivity index (χ0n) is 7.21. The first-order valence-electron chi connectivity index (χ1n) is 3.98. The Balaban J connectivity index is 2.56. The third-order valence-electron chi connectivity index (χ3n) is 2.07. The maximum Gasteiger partial charge on any atom is 0.166 e. The summed E-state index contributed by atoms with van der Waals surface area (Å²) >= 11 is 3.39. The zero-order chi connectivity index (χ0) is 9.42. The minimum atomic E-state index is -0.0404. The molecule has 1 atom stereocenters. The summed E-state index contributed by atoms with van der Waals surface area (Å²) in [5.41, 5.74) is 6.84. The van der Waals surface area contributed by atoms with E-state index in [1.165, 1.54) is 0 Å². The number of methoxy groups -OCH3 is 1. The zero-order valence-corrected chi connectivity index (χ0v) is 8.80. The predicted octanol–water partition coefficient (Wildman–Crippen LogP) is 1.85. The average molecular weight is 244 g/mol. The lowest BCUT2D eigenvalue weighted by Crippen LogP contribution is -2.10. The third kappa shape index (κ3) is 1.40. The fourth-order valence-electron chi connectivity index (χ4n) is 1.43. The van der Waals surface area contributed by atoms with E-state index in [1.807, 2.05) is 12.1 Å². The van der Waals surface area contributed by atoms with Crippen molar-refractivity contribution in [1.82, 2.24) is 0 Å². The Hall–Kier alpha value is -0.740. The van der Waals surface area contributed by atoms with Crippen LogP contribution >= 0.6 is 15.9 Å². The van der Waals surface area contributed by atoms with Gasteiger partial charge in [0.05, 0.1) is 13.2 Å². The van der Waals surface area contributed by atoms with Crippen LogP contribution < -0.4 is 15.2 Å². The summed E-state index contributed by atoms with van der Waals surface area (Å²) < 4.78 is 11.6. The summed E-state index contributed by atoms with van der Waals surface area (Å²) in [5.74, 6) is 1.51. The van der Waals surface area contributed by atoms with E-state index in [-0.39, 0.29) is 6.04 Å². The van der Waals surface area contributed by atoms with E-state index < -0.39 is 0 Å². The average Bonchev–Trinajstić information content (AvgIpc) is 2.47. The normalized spacial score (nSPS) is 19.5. The van der Waals surface area contributed by atoms with Crippen molar-refractivity contribution in [3.8, 4) is 11.5 Å². The van der Waals surface area contributed by atoms with Crippen molar-refractivity contribution < 1.29 is 9.47 Å². The van der Waals surface area contributed by atoms with E-state index in [2.05, 4.69) is 15.9 Å². The Morgan fingerprint density at radius 3 is 3.08 bits per heavy atom. The summed E-state index contributed by atoms with van der Waals surface area (Å²) in [7, 11) is 1.62. The van der Waals surface area contributed by atoms with Crippen molar-refractivity contribution in [2.24, 2.45) is 5.73 Å². The summed E-state index contributed by atoms with van der Waals surface area (Å²) in [5, 5.41) is 0. The predicted molar refractivity (Wildman–Crippen MR) is 53.1 cm³/mol. The second-order valence-electron chi connectivity index (χ2n) is 2.94. The Kier molecular flexibility index (Phi) is 2.17. The molecule has 0 aliphatic carbocycles. The lowest BCUT2D eigenvalue weighted by molar-refractivity contribution is 0.311. The van der Waals surface area contributed by atoms with Crippen molar-refractivity contribution in [3.63, 3.8) is 0 Å². The van der Waals surface area contributed by atoms with Crippen LogP contribution in [0.4, 0.5) is 0 Å². The van der Waals surface area contributed by atoms with Crippen LogP contribution in [0.5, 0.6) is 11.5 Å². The largest absolute Gasteiger partial charge is 0.493 e. The lowest BCUT2D eigenvalue weighted by atomic mass is 10.1. The highest BCUT2D eigenvalue weighted by atomic mass is 79.9. The molecule has 0 spiro atoms. The molecule has 1 aromatic carbocycles. The number of hydrogen-bond acceptors (Lipinski definition) is 3. The van der Waals surface area contributed by atoms with Gasteiger partial charge in [0.15, 0.2) is 11.5 Å². The van der Waals surface area contributed by atoms with Crippen molar-refractivity contribution in [2.75, 3.05) is 13.7 Å². The molecular weight excluding hydrogens is 234 g/mol.